The summed E-state index contributed by atoms with van der Waals surface area (Å²) in [6.45, 7) is 0. The fourth-order valence-corrected chi connectivity index (χ4v) is 7.46. The van der Waals surface area contributed by atoms with E-state index in [2.05, 4.69) is 170 Å². The highest BCUT2D eigenvalue weighted by atomic mass is 15.0. The van der Waals surface area contributed by atoms with Crippen LogP contribution < -0.4 is 0 Å². The second-order valence-electron chi connectivity index (χ2n) is 13.9. The number of hydrogen-bond acceptors (Lipinski definition) is 4. The van der Waals surface area contributed by atoms with Crippen molar-refractivity contribution >= 4 is 21.7 Å². The Kier molecular flexibility index (Phi) is 8.47. The lowest BCUT2D eigenvalue weighted by Crippen LogP contribution is -2.00. The minimum absolute atomic E-state index is 0.627. The van der Waals surface area contributed by atoms with E-state index in [1.807, 2.05) is 36.4 Å². The van der Waals surface area contributed by atoms with Crippen LogP contribution in [0.5, 0.6) is 0 Å². The van der Waals surface area contributed by atoms with Crippen molar-refractivity contribution in [2.24, 2.45) is 0 Å². The van der Waals surface area contributed by atoms with Crippen molar-refractivity contribution < 1.29 is 0 Å². The SMILES string of the molecule is c1ccc(-c2ccc(-c3nc(-c4ccccc4)nc(-c4ccc(-c5cccc(-c6cc(-c7ccccc7)c7c(ccc8ccccc87)n6)c5)cc4)n3)cc2)cc1. The van der Waals surface area contributed by atoms with Crippen molar-refractivity contribution in [3.05, 3.63) is 206 Å². The van der Waals surface area contributed by atoms with Crippen molar-refractivity contribution in [3.63, 3.8) is 0 Å². The highest BCUT2D eigenvalue weighted by Gasteiger charge is 2.15. The zero-order valence-electron chi connectivity index (χ0n) is 30.4. The van der Waals surface area contributed by atoms with Crippen LogP contribution in [-0.2, 0) is 0 Å². The Morgan fingerprint density at radius 3 is 1.34 bits per heavy atom. The first-order chi connectivity index (χ1) is 27.7. The zero-order valence-corrected chi connectivity index (χ0v) is 30.4. The summed E-state index contributed by atoms with van der Waals surface area (Å²) in [6, 6.07) is 71.7. The molecule has 0 aliphatic carbocycles. The van der Waals surface area contributed by atoms with E-state index in [4.69, 9.17) is 19.9 Å². The molecule has 0 spiro atoms. The van der Waals surface area contributed by atoms with Gasteiger partial charge in [-0.25, -0.2) is 19.9 Å². The molecule has 262 valence electrons. The van der Waals surface area contributed by atoms with Crippen LogP contribution >= 0.6 is 0 Å². The Bertz CT molecular complexity index is 2980. The molecule has 0 aliphatic rings. The molecule has 56 heavy (non-hydrogen) atoms. The van der Waals surface area contributed by atoms with E-state index in [-0.39, 0.29) is 0 Å². The highest BCUT2D eigenvalue weighted by molar-refractivity contribution is 6.13. The topological polar surface area (TPSA) is 51.6 Å². The molecule has 0 fully saturated rings. The molecular formula is C52H34N4. The second kappa shape index (κ2) is 14.3. The molecule has 2 heterocycles. The van der Waals surface area contributed by atoms with E-state index in [0.717, 1.165) is 50.2 Å². The van der Waals surface area contributed by atoms with Gasteiger partial charge in [0.25, 0.3) is 0 Å². The Balaban J connectivity index is 1.01. The molecule has 10 aromatic rings. The van der Waals surface area contributed by atoms with Gasteiger partial charge in [-0.05, 0) is 62.4 Å². The van der Waals surface area contributed by atoms with Gasteiger partial charge in [-0.3, -0.25) is 0 Å². The van der Waals surface area contributed by atoms with E-state index in [1.54, 1.807) is 0 Å². The zero-order chi connectivity index (χ0) is 37.3. The van der Waals surface area contributed by atoms with E-state index in [0.29, 0.717) is 17.5 Å². The van der Waals surface area contributed by atoms with Crippen LogP contribution in [0.2, 0.25) is 0 Å². The first-order valence-corrected chi connectivity index (χ1v) is 18.8. The number of hydrogen-bond donors (Lipinski definition) is 0. The minimum Gasteiger partial charge on any atom is -0.248 e. The van der Waals surface area contributed by atoms with Gasteiger partial charge in [-0.1, -0.05) is 188 Å². The monoisotopic (exact) mass is 714 g/mol. The van der Waals surface area contributed by atoms with Gasteiger partial charge in [-0.2, -0.15) is 0 Å². The fourth-order valence-electron chi connectivity index (χ4n) is 7.46. The van der Waals surface area contributed by atoms with Crippen molar-refractivity contribution in [1.82, 2.24) is 19.9 Å². The molecule has 0 N–H and O–H groups in total. The molecule has 0 unspecified atom stereocenters. The molecule has 0 saturated heterocycles. The molecule has 0 atom stereocenters. The van der Waals surface area contributed by atoms with Crippen molar-refractivity contribution in [1.29, 1.82) is 0 Å². The number of benzene rings is 8. The van der Waals surface area contributed by atoms with E-state index in [9.17, 15) is 0 Å². The van der Waals surface area contributed by atoms with Crippen LogP contribution in [0.4, 0.5) is 0 Å². The van der Waals surface area contributed by atoms with Gasteiger partial charge in [0.1, 0.15) is 0 Å². The molecule has 0 aliphatic heterocycles. The summed E-state index contributed by atoms with van der Waals surface area (Å²) >= 11 is 0. The molecule has 4 heteroatoms. The fraction of sp³-hybridized carbons (Fsp3) is 0. The number of nitrogens with zero attached hydrogens (tertiary/aromatic N) is 4. The lowest BCUT2D eigenvalue weighted by Gasteiger charge is -2.14. The summed E-state index contributed by atoms with van der Waals surface area (Å²) < 4.78 is 0. The van der Waals surface area contributed by atoms with Gasteiger partial charge in [0, 0.05) is 27.6 Å². The van der Waals surface area contributed by atoms with E-state index >= 15 is 0 Å². The van der Waals surface area contributed by atoms with Gasteiger partial charge in [0.2, 0.25) is 0 Å². The lowest BCUT2D eigenvalue weighted by atomic mass is 9.94. The predicted molar refractivity (Wildman–Crippen MR) is 231 cm³/mol. The third-order valence-electron chi connectivity index (χ3n) is 10.3. The van der Waals surface area contributed by atoms with Crippen LogP contribution in [0.25, 0.3) is 100 Å². The molecular weight excluding hydrogens is 681 g/mol. The standard InChI is InChI=1S/C52H34N4/c1-4-13-35(14-5-1)36-23-27-41(28-24-36)51-54-50(40-18-8-3-9-19-40)55-52(56-51)42-29-25-37(26-30-42)43-20-12-21-44(33-43)48-34-46(38-15-6-2-7-16-38)49-45-22-11-10-17-39(45)31-32-47(49)53-48/h1-34H. The van der Waals surface area contributed by atoms with E-state index < -0.39 is 0 Å². The van der Waals surface area contributed by atoms with Crippen molar-refractivity contribution in [2.45, 2.75) is 0 Å². The molecule has 4 nitrogen and oxygen atoms in total. The summed E-state index contributed by atoms with van der Waals surface area (Å²) in [5.41, 5.74) is 12.6. The molecule has 0 bridgehead atoms. The average Bonchev–Trinajstić information content (AvgIpc) is 3.29. The van der Waals surface area contributed by atoms with Crippen LogP contribution in [0.15, 0.2) is 206 Å². The van der Waals surface area contributed by atoms with Gasteiger partial charge >= 0.3 is 0 Å². The maximum Gasteiger partial charge on any atom is 0.164 e. The third kappa shape index (κ3) is 6.40. The quantitative estimate of drug-likeness (QED) is 0.154. The first kappa shape index (κ1) is 33.0. The molecule has 2 aromatic heterocycles. The Morgan fingerprint density at radius 2 is 0.714 bits per heavy atom. The number of pyridine rings is 1. The van der Waals surface area contributed by atoms with Crippen LogP contribution in [-0.4, -0.2) is 19.9 Å². The summed E-state index contributed by atoms with van der Waals surface area (Å²) in [7, 11) is 0. The Hall–Kier alpha value is -7.56. The number of fused-ring (bicyclic) bond motifs is 3. The largest absolute Gasteiger partial charge is 0.248 e. The van der Waals surface area contributed by atoms with Crippen LogP contribution in [0.3, 0.4) is 0 Å². The van der Waals surface area contributed by atoms with Crippen LogP contribution in [0, 0.1) is 0 Å². The summed E-state index contributed by atoms with van der Waals surface area (Å²) in [5.74, 6) is 1.90. The van der Waals surface area contributed by atoms with Gasteiger partial charge in [0.05, 0.1) is 11.2 Å². The molecule has 0 amide bonds. The first-order valence-electron chi connectivity index (χ1n) is 18.8. The normalized spacial score (nSPS) is 11.2. The van der Waals surface area contributed by atoms with E-state index in [1.165, 1.54) is 32.8 Å². The maximum atomic E-state index is 5.23. The Labute approximate surface area is 325 Å². The van der Waals surface area contributed by atoms with Gasteiger partial charge in [-0.15, -0.1) is 0 Å². The third-order valence-corrected chi connectivity index (χ3v) is 10.3. The van der Waals surface area contributed by atoms with Gasteiger partial charge in [0.15, 0.2) is 17.5 Å². The summed E-state index contributed by atoms with van der Waals surface area (Å²) in [6.07, 6.45) is 0. The smallest absolute Gasteiger partial charge is 0.164 e. The lowest BCUT2D eigenvalue weighted by molar-refractivity contribution is 1.07. The molecule has 0 radical (unpaired) electrons. The highest BCUT2D eigenvalue weighted by Crippen LogP contribution is 2.37. The molecule has 8 aromatic carbocycles. The second-order valence-corrected chi connectivity index (χ2v) is 13.9. The van der Waals surface area contributed by atoms with Crippen LogP contribution in [0.1, 0.15) is 0 Å². The van der Waals surface area contributed by atoms with Gasteiger partial charge < -0.3 is 0 Å². The average molecular weight is 715 g/mol. The summed E-state index contributed by atoms with van der Waals surface area (Å²) in [4.78, 5) is 20.1. The summed E-state index contributed by atoms with van der Waals surface area (Å²) in [5, 5.41) is 3.59. The van der Waals surface area contributed by atoms with Crippen molar-refractivity contribution in [3.8, 4) is 78.8 Å². The number of aromatic nitrogens is 4. The maximum absolute atomic E-state index is 5.23. The van der Waals surface area contributed by atoms with Crippen molar-refractivity contribution in [2.75, 3.05) is 0 Å². The number of rotatable bonds is 7. The molecule has 10 rings (SSSR count). The predicted octanol–water partition coefficient (Wildman–Crippen LogP) is 13.2. The molecule has 0 saturated carbocycles. The Morgan fingerprint density at radius 1 is 0.268 bits per heavy atom. The minimum atomic E-state index is 0.627.